The summed E-state index contributed by atoms with van der Waals surface area (Å²) in [5, 5.41) is 11.1. The van der Waals surface area contributed by atoms with Crippen LogP contribution >= 0.6 is 0 Å². The van der Waals surface area contributed by atoms with Gasteiger partial charge in [0.15, 0.2) is 0 Å². The van der Waals surface area contributed by atoms with E-state index in [-0.39, 0.29) is 24.5 Å². The number of nitrogens with one attached hydrogen (secondary N) is 1. The lowest BCUT2D eigenvalue weighted by Crippen LogP contribution is -2.30. The Morgan fingerprint density at radius 2 is 2.50 bits per heavy atom. The molecule has 0 amide bonds. The van der Waals surface area contributed by atoms with Gasteiger partial charge in [0.25, 0.3) is 0 Å². The molecule has 0 aromatic carbocycles. The zero-order valence-electron chi connectivity index (χ0n) is 6.00. The number of aliphatic hydroxyl groups is 1. The summed E-state index contributed by atoms with van der Waals surface area (Å²) >= 11 is 0. The van der Waals surface area contributed by atoms with Crippen molar-refractivity contribution < 1.29 is 18.7 Å². The quantitative estimate of drug-likeness (QED) is 0.456. The van der Waals surface area contributed by atoms with Gasteiger partial charge in [0.2, 0.25) is 11.8 Å². The zero-order valence-corrected chi connectivity index (χ0v) is 6.00. The highest BCUT2D eigenvalue weighted by atomic mass is 19.2. The number of ether oxygens (including phenoxy) is 1. The van der Waals surface area contributed by atoms with Gasteiger partial charge in [-0.2, -0.15) is 4.39 Å². The predicted octanol–water partition coefficient (Wildman–Crippen LogP) is -0.176. The van der Waals surface area contributed by atoms with E-state index in [0.29, 0.717) is 0 Å². The van der Waals surface area contributed by atoms with E-state index in [9.17, 15) is 8.87 Å². The standard InChI is InChI=1S/C5H7F2N3O2/c6-4-3-5(12-2-1-11)9-10(7)8-4/h3,8,11H,1-2H2. The molecule has 0 unspecified atom stereocenters. The minimum absolute atomic E-state index is 0.0591. The smallest absolute Gasteiger partial charge is 0.240 e. The number of halogens is 2. The maximum atomic E-state index is 12.4. The Morgan fingerprint density at radius 3 is 3.08 bits per heavy atom. The molecular weight excluding hydrogens is 172 g/mol. The highest BCUT2D eigenvalue weighted by Gasteiger charge is 2.12. The van der Waals surface area contributed by atoms with Crippen molar-refractivity contribution in [2.45, 2.75) is 0 Å². The van der Waals surface area contributed by atoms with Crippen LogP contribution in [0.1, 0.15) is 0 Å². The molecule has 2 N–H and O–H groups in total. The summed E-state index contributed by atoms with van der Waals surface area (Å²) < 4.78 is 29.2. The van der Waals surface area contributed by atoms with Crippen molar-refractivity contribution in [3.8, 4) is 0 Å². The van der Waals surface area contributed by atoms with Crippen LogP contribution in [0.5, 0.6) is 0 Å². The fourth-order valence-corrected chi connectivity index (χ4v) is 0.590. The molecule has 68 valence electrons. The van der Waals surface area contributed by atoms with Crippen molar-refractivity contribution in [2.75, 3.05) is 13.2 Å². The molecule has 0 radical (unpaired) electrons. The van der Waals surface area contributed by atoms with Gasteiger partial charge in [0.1, 0.15) is 6.61 Å². The summed E-state index contributed by atoms with van der Waals surface area (Å²) in [5.74, 6) is -1.15. The van der Waals surface area contributed by atoms with Crippen molar-refractivity contribution in [1.82, 2.24) is 10.8 Å². The van der Waals surface area contributed by atoms with Crippen LogP contribution in [-0.2, 0) is 4.74 Å². The third kappa shape index (κ3) is 2.35. The van der Waals surface area contributed by atoms with E-state index in [1.807, 2.05) is 0 Å². The molecule has 0 saturated carbocycles. The van der Waals surface area contributed by atoms with Gasteiger partial charge < -0.3 is 9.84 Å². The second-order valence-electron chi connectivity index (χ2n) is 1.87. The van der Waals surface area contributed by atoms with Gasteiger partial charge in [0.05, 0.1) is 12.7 Å². The van der Waals surface area contributed by atoms with E-state index in [0.717, 1.165) is 6.08 Å². The lowest BCUT2D eigenvalue weighted by atomic mass is 10.5. The average Bonchev–Trinajstić information content (AvgIpc) is 1.99. The van der Waals surface area contributed by atoms with Crippen LogP contribution in [0.25, 0.3) is 0 Å². The molecule has 1 heterocycles. The molecule has 0 spiro atoms. The molecule has 0 atom stereocenters. The van der Waals surface area contributed by atoms with E-state index in [2.05, 4.69) is 9.84 Å². The molecule has 1 rings (SSSR count). The van der Waals surface area contributed by atoms with Crippen LogP contribution in [0.4, 0.5) is 8.87 Å². The van der Waals surface area contributed by atoms with Gasteiger partial charge in [-0.15, -0.1) is 0 Å². The normalized spacial score (nSPS) is 16.4. The molecule has 1 aliphatic heterocycles. The lowest BCUT2D eigenvalue weighted by Gasteiger charge is -2.14. The summed E-state index contributed by atoms with van der Waals surface area (Å²) in [6.07, 6.45) is 0.867. The van der Waals surface area contributed by atoms with Crippen molar-refractivity contribution >= 4 is 5.90 Å². The van der Waals surface area contributed by atoms with Crippen LogP contribution < -0.4 is 5.43 Å². The lowest BCUT2D eigenvalue weighted by molar-refractivity contribution is -0.0317. The summed E-state index contributed by atoms with van der Waals surface area (Å²) in [6.45, 7) is -0.301. The highest BCUT2D eigenvalue weighted by molar-refractivity contribution is 5.88. The number of hydrogen-bond acceptors (Lipinski definition) is 5. The fraction of sp³-hybridized carbons (Fsp3) is 0.400. The molecule has 0 aromatic rings. The third-order valence-corrected chi connectivity index (χ3v) is 0.977. The molecule has 7 heteroatoms. The van der Waals surface area contributed by atoms with E-state index in [1.54, 1.807) is 5.43 Å². The molecular formula is C5H7F2N3O2. The minimum Gasteiger partial charge on any atom is -0.474 e. The summed E-state index contributed by atoms with van der Waals surface area (Å²) in [7, 11) is 0. The Kier molecular flexibility index (Phi) is 2.81. The van der Waals surface area contributed by atoms with Crippen LogP contribution in [0, 0.1) is 0 Å². The number of hydrazone groups is 1. The largest absolute Gasteiger partial charge is 0.474 e. The summed E-state index contributed by atoms with van der Waals surface area (Å²) in [6, 6.07) is 0. The van der Waals surface area contributed by atoms with Gasteiger partial charge in [-0.3, -0.25) is 0 Å². The second-order valence-corrected chi connectivity index (χ2v) is 1.87. The molecule has 0 bridgehead atoms. The monoisotopic (exact) mass is 179 g/mol. The first-order valence-corrected chi connectivity index (χ1v) is 3.14. The molecule has 1 aliphatic rings. The van der Waals surface area contributed by atoms with Gasteiger partial charge in [-0.05, 0) is 5.34 Å². The zero-order chi connectivity index (χ0) is 8.97. The maximum absolute atomic E-state index is 12.4. The molecule has 0 aromatic heterocycles. The first-order valence-electron chi connectivity index (χ1n) is 3.14. The third-order valence-electron chi connectivity index (χ3n) is 0.977. The Hall–Kier alpha value is -1.37. The first kappa shape index (κ1) is 8.72. The Balaban J connectivity index is 2.51. The van der Waals surface area contributed by atoms with Crippen LogP contribution in [0.3, 0.4) is 0 Å². The van der Waals surface area contributed by atoms with E-state index in [1.165, 1.54) is 0 Å². The Bertz CT molecular complexity index is 219. The van der Waals surface area contributed by atoms with Gasteiger partial charge >= 0.3 is 0 Å². The Morgan fingerprint density at radius 1 is 1.75 bits per heavy atom. The summed E-state index contributed by atoms with van der Waals surface area (Å²) in [5.41, 5.74) is 1.62. The molecule has 12 heavy (non-hydrogen) atoms. The number of aliphatic hydroxyl groups excluding tert-OH is 1. The first-order chi connectivity index (χ1) is 5.72. The van der Waals surface area contributed by atoms with Crippen LogP contribution in [0.2, 0.25) is 0 Å². The Labute approximate surface area is 66.8 Å². The van der Waals surface area contributed by atoms with Gasteiger partial charge in [-0.25, -0.2) is 5.43 Å². The molecule has 0 saturated heterocycles. The number of hydrazine groups is 1. The highest BCUT2D eigenvalue weighted by Crippen LogP contribution is 2.04. The average molecular weight is 179 g/mol. The van der Waals surface area contributed by atoms with E-state index in [4.69, 9.17) is 5.11 Å². The predicted molar refractivity (Wildman–Crippen MR) is 35.7 cm³/mol. The topological polar surface area (TPSA) is 57.1 Å². The molecule has 0 aliphatic carbocycles. The SMILES string of the molecule is OCCOC1=NN(F)NC(F)=C1. The number of hydrogen-bond donors (Lipinski definition) is 2. The maximum Gasteiger partial charge on any atom is 0.240 e. The van der Waals surface area contributed by atoms with E-state index >= 15 is 0 Å². The molecule has 0 fully saturated rings. The van der Waals surface area contributed by atoms with Crippen molar-refractivity contribution in [3.05, 3.63) is 12.0 Å². The van der Waals surface area contributed by atoms with Crippen molar-refractivity contribution in [3.63, 3.8) is 0 Å². The van der Waals surface area contributed by atoms with Gasteiger partial charge in [0, 0.05) is 0 Å². The second kappa shape index (κ2) is 3.86. The van der Waals surface area contributed by atoms with Crippen molar-refractivity contribution in [2.24, 2.45) is 5.10 Å². The van der Waals surface area contributed by atoms with Crippen LogP contribution in [0.15, 0.2) is 17.1 Å². The number of rotatable bonds is 2. The van der Waals surface area contributed by atoms with Crippen molar-refractivity contribution in [1.29, 1.82) is 0 Å². The fourth-order valence-electron chi connectivity index (χ4n) is 0.590. The van der Waals surface area contributed by atoms with Crippen LogP contribution in [-0.4, -0.2) is 29.6 Å². The minimum atomic E-state index is -0.916. The molecule has 5 nitrogen and oxygen atoms in total. The summed E-state index contributed by atoms with van der Waals surface area (Å²) in [4.78, 5) is 0. The number of nitrogens with zero attached hydrogens (tertiary/aromatic N) is 2. The van der Waals surface area contributed by atoms with Gasteiger partial charge in [-0.1, -0.05) is 9.58 Å². The van der Waals surface area contributed by atoms with E-state index < -0.39 is 5.95 Å².